The van der Waals surface area contributed by atoms with Gasteiger partial charge in [0.2, 0.25) is 0 Å². The van der Waals surface area contributed by atoms with Crippen LogP contribution in [-0.2, 0) is 9.47 Å². The van der Waals surface area contributed by atoms with Crippen LogP contribution in [0.1, 0.15) is 44.5 Å². The molecule has 0 aromatic heterocycles. The molecule has 1 aliphatic heterocycles. The zero-order valence-electron chi connectivity index (χ0n) is 11.9. The highest BCUT2D eigenvalue weighted by Crippen LogP contribution is 2.28. The third-order valence-corrected chi connectivity index (χ3v) is 3.63. The maximum absolute atomic E-state index is 10.2. The smallest absolute Gasteiger partial charge is 0.184 e. The molecular weight excluding hydrogens is 256 g/mol. The first-order chi connectivity index (χ1) is 9.72. The minimum absolute atomic E-state index is 0.190. The summed E-state index contributed by atoms with van der Waals surface area (Å²) in [5, 5.41) is 20.1. The van der Waals surface area contributed by atoms with Crippen LogP contribution in [0.3, 0.4) is 0 Å². The Hall–Kier alpha value is -0.940. The second-order valence-electron chi connectivity index (χ2n) is 5.31. The van der Waals surface area contributed by atoms with Crippen LogP contribution >= 0.6 is 0 Å². The number of aliphatic hydroxyl groups excluding tert-OH is 2. The topological polar surface area (TPSA) is 58.9 Å². The maximum Gasteiger partial charge on any atom is 0.184 e. The number of unbranched alkanes of at least 4 members (excludes halogenated alkanes) is 2. The molecule has 3 unspecified atom stereocenters. The Labute approximate surface area is 120 Å². The Bertz CT molecular complexity index is 381. The van der Waals surface area contributed by atoms with E-state index in [2.05, 4.69) is 6.92 Å². The van der Waals surface area contributed by atoms with E-state index in [9.17, 15) is 10.2 Å². The Balaban J connectivity index is 1.94. The maximum atomic E-state index is 10.2. The number of rotatable bonds is 6. The average molecular weight is 280 g/mol. The summed E-state index contributed by atoms with van der Waals surface area (Å²) in [6, 6.07) is 9.60. The first-order valence-corrected chi connectivity index (χ1v) is 7.40. The van der Waals surface area contributed by atoms with Gasteiger partial charge < -0.3 is 19.7 Å². The van der Waals surface area contributed by atoms with Crippen molar-refractivity contribution in [2.75, 3.05) is 6.61 Å². The second-order valence-corrected chi connectivity index (χ2v) is 5.31. The fourth-order valence-corrected chi connectivity index (χ4v) is 2.45. The second kappa shape index (κ2) is 7.74. The van der Waals surface area contributed by atoms with E-state index in [-0.39, 0.29) is 6.61 Å². The third kappa shape index (κ3) is 4.03. The van der Waals surface area contributed by atoms with Crippen molar-refractivity contribution in [2.24, 2.45) is 0 Å². The van der Waals surface area contributed by atoms with Gasteiger partial charge in [-0.15, -0.1) is 0 Å². The normalized spacial score (nSPS) is 28.2. The molecule has 0 aliphatic carbocycles. The fourth-order valence-electron chi connectivity index (χ4n) is 2.45. The molecule has 1 saturated heterocycles. The molecule has 1 aromatic rings. The van der Waals surface area contributed by atoms with Crippen LogP contribution in [0.25, 0.3) is 0 Å². The standard InChI is InChI=1S/C16H24O4/c1-2-3-5-10-13(17)15-14(18)11-19-16(20-15)12-8-6-4-7-9-12/h4,6-9,13-18H,2-3,5,10-11H2,1H3/t13-,14?,15?,16?/m1/s1. The highest BCUT2D eigenvalue weighted by Gasteiger charge is 2.35. The summed E-state index contributed by atoms with van der Waals surface area (Å²) in [7, 11) is 0. The van der Waals surface area contributed by atoms with Crippen molar-refractivity contribution in [1.29, 1.82) is 0 Å². The number of aliphatic hydroxyl groups is 2. The number of hydrogen-bond donors (Lipinski definition) is 2. The molecular formula is C16H24O4. The van der Waals surface area contributed by atoms with Crippen molar-refractivity contribution < 1.29 is 19.7 Å². The van der Waals surface area contributed by atoms with Gasteiger partial charge in [0.1, 0.15) is 12.2 Å². The average Bonchev–Trinajstić information content (AvgIpc) is 2.49. The molecule has 0 saturated carbocycles. The van der Waals surface area contributed by atoms with E-state index >= 15 is 0 Å². The third-order valence-electron chi connectivity index (χ3n) is 3.63. The highest BCUT2D eigenvalue weighted by atomic mass is 16.7. The summed E-state index contributed by atoms with van der Waals surface area (Å²) in [6.07, 6.45) is 1.28. The number of ether oxygens (including phenoxy) is 2. The minimum atomic E-state index is -0.772. The molecule has 4 atom stereocenters. The molecule has 4 heteroatoms. The summed E-state index contributed by atoms with van der Waals surface area (Å²) in [5.74, 6) is 0. The molecule has 4 nitrogen and oxygen atoms in total. The van der Waals surface area contributed by atoms with Crippen molar-refractivity contribution in [1.82, 2.24) is 0 Å². The van der Waals surface area contributed by atoms with Gasteiger partial charge in [-0.25, -0.2) is 0 Å². The van der Waals surface area contributed by atoms with Crippen molar-refractivity contribution in [3.8, 4) is 0 Å². The highest BCUT2D eigenvalue weighted by molar-refractivity contribution is 5.16. The van der Waals surface area contributed by atoms with Gasteiger partial charge >= 0.3 is 0 Å². The number of hydrogen-bond acceptors (Lipinski definition) is 4. The molecule has 2 N–H and O–H groups in total. The molecule has 1 aliphatic rings. The Morgan fingerprint density at radius 3 is 2.70 bits per heavy atom. The molecule has 112 valence electrons. The monoisotopic (exact) mass is 280 g/mol. The lowest BCUT2D eigenvalue weighted by molar-refractivity contribution is -0.276. The van der Waals surface area contributed by atoms with Crippen LogP contribution in [0.15, 0.2) is 30.3 Å². The predicted molar refractivity (Wildman–Crippen MR) is 76.2 cm³/mol. The van der Waals surface area contributed by atoms with Crippen LogP contribution < -0.4 is 0 Å². The SMILES string of the molecule is CCCCC[C@@H](O)C1OC(c2ccccc2)OCC1O. The minimum Gasteiger partial charge on any atom is -0.390 e. The summed E-state index contributed by atoms with van der Waals surface area (Å²) in [5.41, 5.74) is 0.908. The lowest BCUT2D eigenvalue weighted by atomic mass is 10.0. The van der Waals surface area contributed by atoms with Gasteiger partial charge in [0.05, 0.1) is 12.7 Å². The van der Waals surface area contributed by atoms with E-state index in [1.165, 1.54) is 0 Å². The van der Waals surface area contributed by atoms with E-state index in [1.54, 1.807) is 0 Å². The molecule has 20 heavy (non-hydrogen) atoms. The van der Waals surface area contributed by atoms with E-state index in [0.29, 0.717) is 6.42 Å². The first kappa shape index (κ1) is 15.4. The molecule has 1 aromatic carbocycles. The van der Waals surface area contributed by atoms with Crippen LogP contribution in [0.5, 0.6) is 0 Å². The van der Waals surface area contributed by atoms with Crippen molar-refractivity contribution in [3.63, 3.8) is 0 Å². The Morgan fingerprint density at radius 2 is 2.00 bits per heavy atom. The first-order valence-electron chi connectivity index (χ1n) is 7.40. The van der Waals surface area contributed by atoms with Crippen LogP contribution in [0.2, 0.25) is 0 Å². The van der Waals surface area contributed by atoms with E-state index < -0.39 is 24.6 Å². The van der Waals surface area contributed by atoms with Gasteiger partial charge in [0.25, 0.3) is 0 Å². The summed E-state index contributed by atoms with van der Waals surface area (Å²) in [4.78, 5) is 0. The lowest BCUT2D eigenvalue weighted by Gasteiger charge is -2.36. The molecule has 0 amide bonds. The van der Waals surface area contributed by atoms with Crippen LogP contribution in [0, 0.1) is 0 Å². The molecule has 2 rings (SSSR count). The van der Waals surface area contributed by atoms with Crippen molar-refractivity contribution in [2.45, 2.75) is 57.2 Å². The van der Waals surface area contributed by atoms with Crippen LogP contribution in [-0.4, -0.2) is 35.1 Å². The Kier molecular flexibility index (Phi) is 5.98. The molecule has 1 fully saturated rings. The zero-order chi connectivity index (χ0) is 14.4. The van der Waals surface area contributed by atoms with E-state index in [4.69, 9.17) is 9.47 Å². The van der Waals surface area contributed by atoms with Gasteiger partial charge in [-0.3, -0.25) is 0 Å². The lowest BCUT2D eigenvalue weighted by Crippen LogP contribution is -2.47. The van der Waals surface area contributed by atoms with Gasteiger partial charge in [-0.1, -0.05) is 56.5 Å². The van der Waals surface area contributed by atoms with Gasteiger partial charge in [-0.2, -0.15) is 0 Å². The van der Waals surface area contributed by atoms with Gasteiger partial charge in [-0.05, 0) is 6.42 Å². The van der Waals surface area contributed by atoms with Crippen molar-refractivity contribution >= 4 is 0 Å². The quantitative estimate of drug-likeness (QED) is 0.786. The number of benzene rings is 1. The fraction of sp³-hybridized carbons (Fsp3) is 0.625. The van der Waals surface area contributed by atoms with Gasteiger partial charge in [0.15, 0.2) is 6.29 Å². The molecule has 0 spiro atoms. The van der Waals surface area contributed by atoms with Gasteiger partial charge in [0, 0.05) is 5.56 Å². The summed E-state index contributed by atoms with van der Waals surface area (Å²) >= 11 is 0. The van der Waals surface area contributed by atoms with Crippen LogP contribution in [0.4, 0.5) is 0 Å². The largest absolute Gasteiger partial charge is 0.390 e. The zero-order valence-corrected chi connectivity index (χ0v) is 11.9. The Morgan fingerprint density at radius 1 is 1.25 bits per heavy atom. The molecule has 0 radical (unpaired) electrons. The molecule has 0 bridgehead atoms. The van der Waals surface area contributed by atoms with E-state index in [1.807, 2.05) is 30.3 Å². The van der Waals surface area contributed by atoms with E-state index in [0.717, 1.165) is 24.8 Å². The molecule has 1 heterocycles. The summed E-state index contributed by atoms with van der Waals surface area (Å²) in [6.45, 7) is 2.31. The van der Waals surface area contributed by atoms with Crippen molar-refractivity contribution in [3.05, 3.63) is 35.9 Å². The predicted octanol–water partition coefficient (Wildman–Crippen LogP) is 2.40. The summed E-state index contributed by atoms with van der Waals surface area (Å²) < 4.78 is 11.3.